The minimum atomic E-state index is -0.0215. The Kier molecular flexibility index (Phi) is 6.13. The number of hydrogen-bond acceptors (Lipinski definition) is 7. The summed E-state index contributed by atoms with van der Waals surface area (Å²) in [6.07, 6.45) is 4.28. The predicted molar refractivity (Wildman–Crippen MR) is 120 cm³/mol. The molecule has 1 amide bonds. The molecule has 7 nitrogen and oxygen atoms in total. The number of nitrogens with one attached hydrogen (secondary N) is 1. The predicted octanol–water partition coefficient (Wildman–Crippen LogP) is 1.89. The van der Waals surface area contributed by atoms with Crippen LogP contribution in [-0.2, 0) is 28.1 Å². The van der Waals surface area contributed by atoms with Crippen molar-refractivity contribution < 1.29 is 9.53 Å². The van der Waals surface area contributed by atoms with Crippen molar-refractivity contribution in [2.24, 2.45) is 5.92 Å². The molecule has 2 aromatic heterocycles. The van der Waals surface area contributed by atoms with E-state index in [4.69, 9.17) is 4.74 Å². The van der Waals surface area contributed by atoms with Gasteiger partial charge in [0, 0.05) is 37.6 Å². The minimum Gasteiger partial charge on any atom is -0.379 e. The van der Waals surface area contributed by atoms with E-state index in [2.05, 4.69) is 14.9 Å². The number of aromatic nitrogens is 2. The van der Waals surface area contributed by atoms with Gasteiger partial charge < -0.3 is 14.6 Å². The molecule has 3 aliphatic rings. The summed E-state index contributed by atoms with van der Waals surface area (Å²) in [5, 5.41) is 0.792. The monoisotopic (exact) mass is 448 g/mol. The van der Waals surface area contributed by atoms with E-state index < -0.39 is 0 Å². The smallest absolute Gasteiger partial charge is 0.259 e. The number of carbonyl (C=O) groups is 1. The lowest BCUT2D eigenvalue weighted by atomic mass is 10.1. The van der Waals surface area contributed by atoms with Crippen LogP contribution in [0.15, 0.2) is 4.79 Å². The highest BCUT2D eigenvalue weighted by Crippen LogP contribution is 2.34. The molecular weight excluding hydrogens is 420 g/mol. The van der Waals surface area contributed by atoms with Gasteiger partial charge in [-0.3, -0.25) is 14.5 Å². The average molecular weight is 449 g/mol. The van der Waals surface area contributed by atoms with Crippen molar-refractivity contribution >= 4 is 39.2 Å². The first-order valence-corrected chi connectivity index (χ1v) is 12.8. The molecule has 4 heterocycles. The molecule has 0 bridgehead atoms. The van der Waals surface area contributed by atoms with E-state index >= 15 is 0 Å². The number of aryl methyl sites for hydroxylation is 2. The summed E-state index contributed by atoms with van der Waals surface area (Å²) >= 11 is 3.20. The molecule has 1 atom stereocenters. The number of carbonyl (C=O) groups excluding carboxylic acids is 1. The lowest BCUT2D eigenvalue weighted by Crippen LogP contribution is -2.40. The van der Waals surface area contributed by atoms with Gasteiger partial charge in [0.25, 0.3) is 5.56 Å². The lowest BCUT2D eigenvalue weighted by Gasteiger charge is -2.29. The summed E-state index contributed by atoms with van der Waals surface area (Å²) in [4.78, 5) is 39.4. The minimum absolute atomic E-state index is 0.0215. The Morgan fingerprint density at radius 1 is 1.27 bits per heavy atom. The molecule has 0 aromatic carbocycles. The average Bonchev–Trinajstić information content (AvgIpc) is 3.44. The van der Waals surface area contributed by atoms with Gasteiger partial charge in [-0.15, -0.1) is 23.1 Å². The van der Waals surface area contributed by atoms with Crippen LogP contribution in [0.3, 0.4) is 0 Å². The van der Waals surface area contributed by atoms with Gasteiger partial charge in [0.15, 0.2) is 0 Å². The lowest BCUT2D eigenvalue weighted by molar-refractivity contribution is -0.127. The van der Waals surface area contributed by atoms with Gasteiger partial charge in [0.2, 0.25) is 5.91 Å². The molecule has 0 spiro atoms. The van der Waals surface area contributed by atoms with Gasteiger partial charge in [0.1, 0.15) is 10.7 Å². The summed E-state index contributed by atoms with van der Waals surface area (Å²) < 4.78 is 5.42. The maximum Gasteiger partial charge on any atom is 0.259 e. The molecule has 162 valence electrons. The third kappa shape index (κ3) is 4.30. The highest BCUT2D eigenvalue weighted by Gasteiger charge is 2.28. The van der Waals surface area contributed by atoms with E-state index in [1.807, 2.05) is 4.90 Å². The van der Waals surface area contributed by atoms with Crippen molar-refractivity contribution in [2.45, 2.75) is 31.4 Å². The molecule has 1 N–H and O–H groups in total. The fraction of sp³-hybridized carbons (Fsp3) is 0.667. The second-order valence-corrected chi connectivity index (χ2v) is 10.5. The molecule has 2 fully saturated rings. The first kappa shape index (κ1) is 20.5. The van der Waals surface area contributed by atoms with Crippen LogP contribution in [0.2, 0.25) is 0 Å². The van der Waals surface area contributed by atoms with Crippen molar-refractivity contribution in [2.75, 3.05) is 51.7 Å². The Balaban J connectivity index is 1.12. The third-order valence-corrected chi connectivity index (χ3v) is 8.46. The number of fused-ring (bicyclic) bond motifs is 3. The Morgan fingerprint density at radius 3 is 3.00 bits per heavy atom. The number of nitrogens with zero attached hydrogens (tertiary/aromatic N) is 3. The number of ether oxygens (including phenoxy) is 1. The number of thiophene rings is 1. The van der Waals surface area contributed by atoms with E-state index in [1.54, 1.807) is 23.1 Å². The summed E-state index contributed by atoms with van der Waals surface area (Å²) in [7, 11) is 0. The summed E-state index contributed by atoms with van der Waals surface area (Å²) in [5.41, 5.74) is 1.19. The molecule has 0 radical (unpaired) electrons. The van der Waals surface area contributed by atoms with Crippen LogP contribution in [0.1, 0.15) is 29.1 Å². The van der Waals surface area contributed by atoms with Gasteiger partial charge in [-0.2, -0.15) is 0 Å². The molecule has 0 saturated carbocycles. The second kappa shape index (κ2) is 8.98. The number of amides is 1. The first-order valence-electron chi connectivity index (χ1n) is 10.9. The molecule has 9 heteroatoms. The maximum absolute atomic E-state index is 12.6. The van der Waals surface area contributed by atoms with Gasteiger partial charge in [-0.05, 0) is 37.2 Å². The number of aromatic amines is 1. The third-order valence-electron chi connectivity index (χ3n) is 6.35. The Bertz CT molecular complexity index is 983. The van der Waals surface area contributed by atoms with Crippen LogP contribution in [0, 0.1) is 5.92 Å². The summed E-state index contributed by atoms with van der Waals surface area (Å²) in [6, 6.07) is 0. The molecule has 30 heavy (non-hydrogen) atoms. The Labute approximate surface area is 184 Å². The van der Waals surface area contributed by atoms with Crippen molar-refractivity contribution in [3.05, 3.63) is 26.6 Å². The largest absolute Gasteiger partial charge is 0.379 e. The maximum atomic E-state index is 12.6. The van der Waals surface area contributed by atoms with Crippen LogP contribution < -0.4 is 5.56 Å². The van der Waals surface area contributed by atoms with Crippen LogP contribution in [0.25, 0.3) is 10.2 Å². The number of likely N-dealkylation sites (tertiary alicyclic amines) is 1. The number of thioether (sulfide) groups is 1. The second-order valence-electron chi connectivity index (χ2n) is 8.45. The topological polar surface area (TPSA) is 78.5 Å². The number of morpholine rings is 1. The standard InChI is InChI=1S/C21H28N4O3S2/c26-18(25-5-4-14(11-25)10-24-6-8-28-9-7-24)13-29-12-17-22-20(27)19-15-2-1-3-16(15)30-21(19)23-17/h14H,1-13H2,(H,22,23,27)/t14-/m0/s1. The highest BCUT2D eigenvalue weighted by molar-refractivity contribution is 7.99. The van der Waals surface area contributed by atoms with Gasteiger partial charge in [0.05, 0.1) is 30.1 Å². The normalized spacial score (nSPS) is 22.1. The van der Waals surface area contributed by atoms with Gasteiger partial charge in [-0.25, -0.2) is 4.98 Å². The zero-order valence-corrected chi connectivity index (χ0v) is 18.8. The molecule has 2 aromatic rings. The highest BCUT2D eigenvalue weighted by atomic mass is 32.2. The summed E-state index contributed by atoms with van der Waals surface area (Å²) in [5.74, 6) is 2.44. The fourth-order valence-electron chi connectivity index (χ4n) is 4.80. The van der Waals surface area contributed by atoms with Crippen LogP contribution in [0.4, 0.5) is 0 Å². The van der Waals surface area contributed by atoms with E-state index in [1.165, 1.54) is 10.4 Å². The summed E-state index contributed by atoms with van der Waals surface area (Å²) in [6.45, 7) is 6.43. The molecule has 0 unspecified atom stereocenters. The zero-order chi connectivity index (χ0) is 20.5. The number of rotatable bonds is 6. The Hall–Kier alpha value is -1.42. The fourth-order valence-corrected chi connectivity index (χ4v) is 6.87. The molecule has 2 saturated heterocycles. The molecule has 2 aliphatic heterocycles. The SMILES string of the molecule is O=C(CSCc1nc2sc3c(c2c(=O)[nH]1)CCC3)N1CC[C@@H](CN2CCOCC2)C1. The van der Waals surface area contributed by atoms with Crippen LogP contribution in [-0.4, -0.2) is 77.4 Å². The van der Waals surface area contributed by atoms with E-state index in [0.29, 0.717) is 23.2 Å². The van der Waals surface area contributed by atoms with Gasteiger partial charge >= 0.3 is 0 Å². The molecule has 1 aliphatic carbocycles. The van der Waals surface area contributed by atoms with Crippen molar-refractivity contribution in [3.63, 3.8) is 0 Å². The van der Waals surface area contributed by atoms with Crippen molar-refractivity contribution in [1.29, 1.82) is 0 Å². The quantitative estimate of drug-likeness (QED) is 0.727. The zero-order valence-electron chi connectivity index (χ0n) is 17.2. The Morgan fingerprint density at radius 2 is 2.13 bits per heavy atom. The van der Waals surface area contributed by atoms with E-state index in [-0.39, 0.29) is 11.5 Å². The molecular formula is C21H28N4O3S2. The first-order chi connectivity index (χ1) is 14.7. The van der Waals surface area contributed by atoms with Crippen LogP contribution >= 0.6 is 23.1 Å². The van der Waals surface area contributed by atoms with Crippen LogP contribution in [0.5, 0.6) is 0 Å². The van der Waals surface area contributed by atoms with Gasteiger partial charge in [-0.1, -0.05) is 0 Å². The molecule has 5 rings (SSSR count). The van der Waals surface area contributed by atoms with Crippen molar-refractivity contribution in [1.82, 2.24) is 19.8 Å². The number of hydrogen-bond donors (Lipinski definition) is 1. The van der Waals surface area contributed by atoms with E-state index in [0.717, 1.165) is 81.8 Å². The van der Waals surface area contributed by atoms with E-state index in [9.17, 15) is 9.59 Å². The number of H-pyrrole nitrogens is 1. The van der Waals surface area contributed by atoms with Crippen molar-refractivity contribution in [3.8, 4) is 0 Å².